The van der Waals surface area contributed by atoms with E-state index in [1.807, 2.05) is 60.9 Å². The van der Waals surface area contributed by atoms with Gasteiger partial charge >= 0.3 is 5.97 Å². The molecule has 236 valence electrons. The normalized spacial score (nSPS) is 17.1. The third-order valence-electron chi connectivity index (χ3n) is 8.16. The zero-order valence-electron chi connectivity index (χ0n) is 25.7. The molecule has 6 rings (SSSR count). The summed E-state index contributed by atoms with van der Waals surface area (Å²) in [4.78, 5) is 50.3. The highest BCUT2D eigenvalue weighted by Crippen LogP contribution is 2.36. The van der Waals surface area contributed by atoms with E-state index in [9.17, 15) is 19.7 Å². The van der Waals surface area contributed by atoms with Gasteiger partial charge in [0.2, 0.25) is 0 Å². The molecule has 3 aromatic carbocycles. The van der Waals surface area contributed by atoms with Gasteiger partial charge in [0.25, 0.3) is 11.2 Å². The quantitative estimate of drug-likeness (QED) is 0.120. The Hall–Kier alpha value is -4.52. The fourth-order valence-electron chi connectivity index (χ4n) is 5.79. The lowest BCUT2D eigenvalue weighted by Gasteiger charge is -2.34. The molecule has 0 amide bonds. The van der Waals surface area contributed by atoms with Gasteiger partial charge in [-0.1, -0.05) is 53.8 Å². The van der Waals surface area contributed by atoms with Gasteiger partial charge in [-0.15, -0.1) is 11.8 Å². The van der Waals surface area contributed by atoms with Crippen LogP contribution in [0.3, 0.4) is 0 Å². The van der Waals surface area contributed by atoms with Gasteiger partial charge in [-0.2, -0.15) is 0 Å². The number of carbonyl (C=O) groups excluding carboxylic acids is 1. The zero-order chi connectivity index (χ0) is 32.4. The number of ether oxygens (including phenoxy) is 1. The van der Waals surface area contributed by atoms with Gasteiger partial charge < -0.3 is 14.5 Å². The molecular weight excluding hydrogens is 623 g/mol. The number of non-ortho nitro benzene ring substituents is 1. The molecule has 0 N–H and O–H groups in total. The Bertz CT molecular complexity index is 2000. The van der Waals surface area contributed by atoms with E-state index in [1.54, 1.807) is 35.4 Å². The Morgan fingerprint density at radius 3 is 2.46 bits per heavy atom. The molecule has 2 aliphatic heterocycles. The molecule has 0 bridgehead atoms. The molecule has 46 heavy (non-hydrogen) atoms. The maximum atomic E-state index is 14.4. The van der Waals surface area contributed by atoms with E-state index < -0.39 is 16.9 Å². The number of nitro benzene ring substituents is 1. The number of esters is 1. The first kappa shape index (κ1) is 31.5. The Labute approximate surface area is 274 Å². The molecular formula is C34H33N5O5S2. The van der Waals surface area contributed by atoms with Gasteiger partial charge in [0.15, 0.2) is 4.80 Å². The summed E-state index contributed by atoms with van der Waals surface area (Å²) in [6, 6.07) is 21.2. The summed E-state index contributed by atoms with van der Waals surface area (Å²) in [5.74, 6) is -0.547. The number of hydrogen-bond acceptors (Lipinski definition) is 10. The second-order valence-electron chi connectivity index (χ2n) is 11.0. The van der Waals surface area contributed by atoms with Crippen LogP contribution in [0.5, 0.6) is 0 Å². The molecule has 4 aromatic rings. The summed E-state index contributed by atoms with van der Waals surface area (Å²) in [5, 5.41) is 11.8. The van der Waals surface area contributed by atoms with Crippen LogP contribution in [-0.2, 0) is 9.53 Å². The van der Waals surface area contributed by atoms with Crippen molar-refractivity contribution in [2.75, 3.05) is 51.0 Å². The van der Waals surface area contributed by atoms with Crippen LogP contribution in [0.4, 0.5) is 11.4 Å². The van der Waals surface area contributed by atoms with E-state index in [4.69, 9.17) is 9.73 Å². The molecule has 2 aliphatic rings. The number of likely N-dealkylation sites (N-methyl/N-ethyl adjacent to an activating group) is 1. The summed E-state index contributed by atoms with van der Waals surface area (Å²) in [6.07, 6.45) is 3.70. The van der Waals surface area contributed by atoms with Gasteiger partial charge in [-0.25, -0.2) is 9.79 Å². The first-order valence-electron chi connectivity index (χ1n) is 14.9. The molecule has 0 aliphatic carbocycles. The monoisotopic (exact) mass is 655 g/mol. The fraction of sp³-hybridized carbons (Fsp3) is 0.265. The number of thioether (sulfide) groups is 1. The van der Waals surface area contributed by atoms with E-state index in [0.29, 0.717) is 20.6 Å². The lowest BCUT2D eigenvalue weighted by Crippen LogP contribution is -2.44. The van der Waals surface area contributed by atoms with E-state index in [-0.39, 0.29) is 23.4 Å². The van der Waals surface area contributed by atoms with E-state index in [2.05, 4.69) is 16.8 Å². The fourth-order valence-corrected chi connectivity index (χ4v) is 7.19. The smallest absolute Gasteiger partial charge is 0.338 e. The molecule has 10 nitrogen and oxygen atoms in total. The Morgan fingerprint density at radius 2 is 1.80 bits per heavy atom. The molecule has 3 heterocycles. The van der Waals surface area contributed by atoms with Crippen molar-refractivity contribution in [3.8, 4) is 0 Å². The van der Waals surface area contributed by atoms with Crippen molar-refractivity contribution in [3.05, 3.63) is 125 Å². The molecule has 12 heteroatoms. The minimum atomic E-state index is -0.800. The Morgan fingerprint density at radius 1 is 1.09 bits per heavy atom. The number of carbonyl (C=O) groups is 1. The van der Waals surface area contributed by atoms with Crippen molar-refractivity contribution < 1.29 is 14.5 Å². The molecule has 1 fully saturated rings. The largest absolute Gasteiger partial charge is 0.463 e. The minimum Gasteiger partial charge on any atom is -0.463 e. The average molecular weight is 656 g/mol. The van der Waals surface area contributed by atoms with Crippen molar-refractivity contribution in [1.82, 2.24) is 9.47 Å². The van der Waals surface area contributed by atoms with Crippen molar-refractivity contribution in [1.29, 1.82) is 0 Å². The topological polar surface area (TPSA) is 110 Å². The van der Waals surface area contributed by atoms with Gasteiger partial charge in [0.1, 0.15) is 0 Å². The number of aromatic nitrogens is 1. The maximum Gasteiger partial charge on any atom is 0.338 e. The van der Waals surface area contributed by atoms with Gasteiger partial charge in [0.05, 0.1) is 33.4 Å². The highest BCUT2D eigenvalue weighted by Gasteiger charge is 2.35. The third kappa shape index (κ3) is 6.15. The maximum absolute atomic E-state index is 14.4. The second kappa shape index (κ2) is 13.5. The number of nitrogens with zero attached hydrogens (tertiary/aromatic N) is 5. The average Bonchev–Trinajstić information content (AvgIpc) is 3.38. The summed E-state index contributed by atoms with van der Waals surface area (Å²) < 4.78 is 7.47. The lowest BCUT2D eigenvalue weighted by molar-refractivity contribution is -0.384. The van der Waals surface area contributed by atoms with Crippen LogP contribution < -0.4 is 19.8 Å². The van der Waals surface area contributed by atoms with Crippen LogP contribution in [0, 0.1) is 10.1 Å². The van der Waals surface area contributed by atoms with Gasteiger partial charge in [-0.05, 0) is 50.1 Å². The summed E-state index contributed by atoms with van der Waals surface area (Å²) in [6.45, 7) is 5.13. The Balaban J connectivity index is 1.60. The van der Waals surface area contributed by atoms with Crippen LogP contribution in [0.15, 0.2) is 93.1 Å². The Kier molecular flexibility index (Phi) is 9.20. The van der Waals surface area contributed by atoms with E-state index >= 15 is 0 Å². The van der Waals surface area contributed by atoms with Crippen LogP contribution in [0.25, 0.3) is 11.8 Å². The molecule has 1 atom stereocenters. The number of fused-ring (bicyclic) bond motifs is 1. The minimum absolute atomic E-state index is 0.0559. The first-order valence-corrected chi connectivity index (χ1v) is 17.0. The summed E-state index contributed by atoms with van der Waals surface area (Å²) in [7, 11) is 2.06. The number of nitro groups is 1. The molecule has 0 saturated carbocycles. The predicted molar refractivity (Wildman–Crippen MR) is 182 cm³/mol. The van der Waals surface area contributed by atoms with Crippen LogP contribution >= 0.6 is 23.1 Å². The number of benzene rings is 3. The third-order valence-corrected chi connectivity index (χ3v) is 9.88. The number of anilines is 1. The van der Waals surface area contributed by atoms with Crippen molar-refractivity contribution in [2.24, 2.45) is 4.99 Å². The van der Waals surface area contributed by atoms with Crippen LogP contribution in [-0.4, -0.2) is 66.4 Å². The zero-order valence-corrected chi connectivity index (χ0v) is 27.3. The first-order chi connectivity index (χ1) is 22.3. The molecule has 0 radical (unpaired) electrons. The van der Waals surface area contributed by atoms with Gasteiger partial charge in [0, 0.05) is 60.0 Å². The lowest BCUT2D eigenvalue weighted by atomic mass is 9.93. The highest BCUT2D eigenvalue weighted by molar-refractivity contribution is 7.98. The molecule has 0 unspecified atom stereocenters. The van der Waals surface area contributed by atoms with Crippen molar-refractivity contribution in [3.63, 3.8) is 0 Å². The molecule has 1 aromatic heterocycles. The second-order valence-corrected chi connectivity index (χ2v) is 12.9. The number of hydrogen-bond donors (Lipinski definition) is 0. The number of thiazole rings is 1. The van der Waals surface area contributed by atoms with Crippen molar-refractivity contribution >= 4 is 52.2 Å². The molecule has 1 saturated heterocycles. The standard InChI is InChI=1S/C34H33N5O5S2/c1-4-44-33(41)29-30(22-8-6-5-7-9-22)35-34-38(31(29)23-10-13-26(45-3)14-11-23)32(40)28(46-34)21-24-20-25(39(42)43)12-15-27(24)37-18-16-36(2)17-19-37/h5-15,20-21,31H,4,16-19H2,1-3H3/b28-21+/t31-/m0/s1. The number of piperazine rings is 1. The van der Waals surface area contributed by atoms with Crippen LogP contribution in [0.1, 0.15) is 29.7 Å². The summed E-state index contributed by atoms with van der Waals surface area (Å²) in [5.41, 5.74) is 3.20. The number of rotatable bonds is 8. The van der Waals surface area contributed by atoms with Crippen LogP contribution in [0.2, 0.25) is 0 Å². The predicted octanol–water partition coefficient (Wildman–Crippen LogP) is 4.32. The van der Waals surface area contributed by atoms with E-state index in [1.165, 1.54) is 23.5 Å². The highest BCUT2D eigenvalue weighted by atomic mass is 32.2. The SMILES string of the molecule is CCOC(=O)C1=C(c2ccccc2)N=c2s/c(=C/c3cc([N+](=O)[O-])ccc3N3CCN(C)CC3)c(=O)n2[C@H]1c1ccc(SC)cc1. The van der Waals surface area contributed by atoms with Gasteiger partial charge in [-0.3, -0.25) is 19.5 Å². The van der Waals surface area contributed by atoms with Crippen molar-refractivity contribution in [2.45, 2.75) is 17.9 Å². The summed E-state index contributed by atoms with van der Waals surface area (Å²) >= 11 is 2.80. The van der Waals surface area contributed by atoms with E-state index in [0.717, 1.165) is 47.9 Å². The molecule has 0 spiro atoms.